The standard InChI is InChI=1S/C19H22BrN/c1-13(16-11-10-15-6-5-7-17(15)12-16)21-14(2)18-8-3-4-9-19(18)20/h3-4,8-14,21H,5-7H2,1-2H3/t13?,14-/m0/s1. The highest BCUT2D eigenvalue weighted by atomic mass is 79.9. The summed E-state index contributed by atoms with van der Waals surface area (Å²) in [6.45, 7) is 4.48. The third kappa shape index (κ3) is 3.22. The summed E-state index contributed by atoms with van der Waals surface area (Å²) in [5.74, 6) is 0. The molecule has 0 heterocycles. The molecule has 2 aromatic carbocycles. The fourth-order valence-electron chi connectivity index (χ4n) is 3.25. The molecule has 1 aliphatic carbocycles. The van der Waals surface area contributed by atoms with Gasteiger partial charge in [0.2, 0.25) is 0 Å². The zero-order chi connectivity index (χ0) is 14.8. The van der Waals surface area contributed by atoms with Gasteiger partial charge >= 0.3 is 0 Å². The van der Waals surface area contributed by atoms with E-state index in [1.807, 2.05) is 0 Å². The Morgan fingerprint density at radius 2 is 1.71 bits per heavy atom. The molecule has 0 amide bonds. The second-order valence-electron chi connectivity index (χ2n) is 6.01. The molecule has 0 fully saturated rings. The average Bonchev–Trinajstić information content (AvgIpc) is 2.94. The van der Waals surface area contributed by atoms with Crippen LogP contribution in [-0.4, -0.2) is 0 Å². The Labute approximate surface area is 135 Å². The minimum Gasteiger partial charge on any atom is -0.304 e. The van der Waals surface area contributed by atoms with Gasteiger partial charge in [0.25, 0.3) is 0 Å². The van der Waals surface area contributed by atoms with Gasteiger partial charge in [-0.05, 0) is 61.4 Å². The maximum absolute atomic E-state index is 3.71. The lowest BCUT2D eigenvalue weighted by molar-refractivity contribution is 0.493. The molecule has 21 heavy (non-hydrogen) atoms. The number of hydrogen-bond acceptors (Lipinski definition) is 1. The number of halogens is 1. The molecule has 1 N–H and O–H groups in total. The molecule has 0 aliphatic heterocycles. The van der Waals surface area contributed by atoms with Crippen LogP contribution in [0.2, 0.25) is 0 Å². The first kappa shape index (κ1) is 14.8. The summed E-state index contributed by atoms with van der Waals surface area (Å²) in [7, 11) is 0. The van der Waals surface area contributed by atoms with Crippen molar-refractivity contribution in [2.75, 3.05) is 0 Å². The highest BCUT2D eigenvalue weighted by Crippen LogP contribution is 2.28. The molecule has 2 aromatic rings. The van der Waals surface area contributed by atoms with Crippen LogP contribution in [-0.2, 0) is 12.8 Å². The van der Waals surface area contributed by atoms with Gasteiger partial charge in [0, 0.05) is 16.6 Å². The second kappa shape index (κ2) is 6.33. The SMILES string of the molecule is CC(N[C@@H](C)c1ccccc1Br)c1ccc2c(c1)CCC2. The van der Waals surface area contributed by atoms with Crippen molar-refractivity contribution < 1.29 is 0 Å². The fourth-order valence-corrected chi connectivity index (χ4v) is 3.88. The molecule has 0 bridgehead atoms. The van der Waals surface area contributed by atoms with Gasteiger partial charge in [0.1, 0.15) is 0 Å². The van der Waals surface area contributed by atoms with Crippen LogP contribution in [0.1, 0.15) is 54.6 Å². The molecule has 1 nitrogen and oxygen atoms in total. The predicted octanol–water partition coefficient (Wildman–Crippen LogP) is 5.35. The van der Waals surface area contributed by atoms with E-state index in [1.165, 1.54) is 34.9 Å². The summed E-state index contributed by atoms with van der Waals surface area (Å²) in [6, 6.07) is 16.1. The number of fused-ring (bicyclic) bond motifs is 1. The van der Waals surface area contributed by atoms with Gasteiger partial charge in [-0.15, -0.1) is 0 Å². The van der Waals surface area contributed by atoms with Crippen LogP contribution in [0.5, 0.6) is 0 Å². The van der Waals surface area contributed by atoms with Crippen LogP contribution >= 0.6 is 15.9 Å². The normalized spacial score (nSPS) is 16.5. The number of rotatable bonds is 4. The Kier molecular flexibility index (Phi) is 4.46. The van der Waals surface area contributed by atoms with Crippen LogP contribution < -0.4 is 5.32 Å². The number of benzene rings is 2. The van der Waals surface area contributed by atoms with E-state index in [0.29, 0.717) is 12.1 Å². The van der Waals surface area contributed by atoms with E-state index < -0.39 is 0 Å². The molecular formula is C19H22BrN. The second-order valence-corrected chi connectivity index (χ2v) is 6.87. The quantitative estimate of drug-likeness (QED) is 0.788. The maximum atomic E-state index is 3.71. The zero-order valence-corrected chi connectivity index (χ0v) is 14.3. The molecule has 110 valence electrons. The van der Waals surface area contributed by atoms with E-state index in [-0.39, 0.29) is 0 Å². The summed E-state index contributed by atoms with van der Waals surface area (Å²) in [5, 5.41) is 3.71. The number of nitrogens with one attached hydrogen (secondary N) is 1. The van der Waals surface area contributed by atoms with Crippen molar-refractivity contribution >= 4 is 15.9 Å². The summed E-state index contributed by atoms with van der Waals surface area (Å²) < 4.78 is 1.17. The Morgan fingerprint density at radius 3 is 2.52 bits per heavy atom. The highest BCUT2D eigenvalue weighted by molar-refractivity contribution is 9.10. The molecule has 1 aliphatic rings. The molecule has 0 saturated heterocycles. The highest BCUT2D eigenvalue weighted by Gasteiger charge is 2.16. The van der Waals surface area contributed by atoms with Crippen LogP contribution in [0.25, 0.3) is 0 Å². The number of hydrogen-bond donors (Lipinski definition) is 1. The fraction of sp³-hybridized carbons (Fsp3) is 0.368. The van der Waals surface area contributed by atoms with E-state index in [9.17, 15) is 0 Å². The molecular weight excluding hydrogens is 322 g/mol. The third-order valence-corrected chi connectivity index (χ3v) is 5.22. The molecule has 0 aromatic heterocycles. The monoisotopic (exact) mass is 343 g/mol. The van der Waals surface area contributed by atoms with Crippen molar-refractivity contribution in [3.63, 3.8) is 0 Å². The van der Waals surface area contributed by atoms with Crippen molar-refractivity contribution in [2.45, 2.75) is 45.2 Å². The minimum absolute atomic E-state index is 0.323. The lowest BCUT2D eigenvalue weighted by Crippen LogP contribution is -2.22. The first-order valence-electron chi connectivity index (χ1n) is 7.77. The number of aryl methyl sites for hydroxylation is 2. The van der Waals surface area contributed by atoms with Gasteiger partial charge in [0.05, 0.1) is 0 Å². The Morgan fingerprint density at radius 1 is 0.952 bits per heavy atom. The van der Waals surface area contributed by atoms with Crippen molar-refractivity contribution in [3.05, 3.63) is 69.2 Å². The Hall–Kier alpha value is -1.12. The average molecular weight is 344 g/mol. The first-order valence-corrected chi connectivity index (χ1v) is 8.56. The third-order valence-electron chi connectivity index (χ3n) is 4.49. The lowest BCUT2D eigenvalue weighted by Gasteiger charge is -2.22. The molecule has 3 rings (SSSR count). The van der Waals surface area contributed by atoms with E-state index in [2.05, 4.69) is 77.6 Å². The van der Waals surface area contributed by atoms with E-state index in [1.54, 1.807) is 11.1 Å². The van der Waals surface area contributed by atoms with Crippen molar-refractivity contribution in [1.29, 1.82) is 0 Å². The van der Waals surface area contributed by atoms with Gasteiger partial charge in [-0.1, -0.05) is 52.3 Å². The molecule has 2 atom stereocenters. The molecule has 0 radical (unpaired) electrons. The zero-order valence-electron chi connectivity index (χ0n) is 12.7. The molecule has 0 saturated carbocycles. The summed E-state index contributed by atoms with van der Waals surface area (Å²) in [4.78, 5) is 0. The van der Waals surface area contributed by atoms with Crippen LogP contribution in [0.3, 0.4) is 0 Å². The summed E-state index contributed by atoms with van der Waals surface area (Å²) >= 11 is 3.64. The van der Waals surface area contributed by atoms with Gasteiger partial charge in [-0.3, -0.25) is 0 Å². The van der Waals surface area contributed by atoms with Crippen molar-refractivity contribution in [1.82, 2.24) is 5.32 Å². The van der Waals surface area contributed by atoms with E-state index in [4.69, 9.17) is 0 Å². The maximum Gasteiger partial charge on any atom is 0.0308 e. The minimum atomic E-state index is 0.323. The van der Waals surface area contributed by atoms with Gasteiger partial charge in [-0.25, -0.2) is 0 Å². The van der Waals surface area contributed by atoms with E-state index in [0.717, 1.165) is 0 Å². The van der Waals surface area contributed by atoms with E-state index >= 15 is 0 Å². The molecule has 0 spiro atoms. The topological polar surface area (TPSA) is 12.0 Å². The van der Waals surface area contributed by atoms with Gasteiger partial charge < -0.3 is 5.32 Å². The lowest BCUT2D eigenvalue weighted by atomic mass is 10.0. The summed E-state index contributed by atoms with van der Waals surface area (Å²) in [6.07, 6.45) is 3.81. The first-order chi connectivity index (χ1) is 10.1. The van der Waals surface area contributed by atoms with Crippen LogP contribution in [0.15, 0.2) is 46.9 Å². The molecule has 1 unspecified atom stereocenters. The Bertz CT molecular complexity index is 635. The van der Waals surface area contributed by atoms with Crippen molar-refractivity contribution in [3.8, 4) is 0 Å². The van der Waals surface area contributed by atoms with Crippen LogP contribution in [0.4, 0.5) is 0 Å². The van der Waals surface area contributed by atoms with Crippen LogP contribution in [0, 0.1) is 0 Å². The van der Waals surface area contributed by atoms with Gasteiger partial charge in [-0.2, -0.15) is 0 Å². The van der Waals surface area contributed by atoms with Gasteiger partial charge in [0.15, 0.2) is 0 Å². The largest absolute Gasteiger partial charge is 0.304 e. The Balaban J connectivity index is 1.74. The smallest absolute Gasteiger partial charge is 0.0308 e. The molecule has 2 heteroatoms. The predicted molar refractivity (Wildman–Crippen MR) is 92.6 cm³/mol. The summed E-state index contributed by atoms with van der Waals surface area (Å²) in [5.41, 5.74) is 5.81. The van der Waals surface area contributed by atoms with Crippen molar-refractivity contribution in [2.24, 2.45) is 0 Å².